The zero-order valence-corrected chi connectivity index (χ0v) is 12.6. The average Bonchev–Trinajstić information content (AvgIpc) is 2.42. The molecule has 6 nitrogen and oxygen atoms in total. The molecule has 0 aliphatic rings. The van der Waals surface area contributed by atoms with Crippen LogP contribution in [0.1, 0.15) is 24.2 Å². The molecular weight excluding hydrogens is 296 g/mol. The van der Waals surface area contributed by atoms with Crippen molar-refractivity contribution in [2.75, 3.05) is 13.1 Å². The summed E-state index contributed by atoms with van der Waals surface area (Å²) in [5, 5.41) is 12.0. The summed E-state index contributed by atoms with van der Waals surface area (Å²) in [6.45, 7) is 3.04. The fourth-order valence-corrected chi connectivity index (χ4v) is 1.93. The first-order chi connectivity index (χ1) is 9.82. The summed E-state index contributed by atoms with van der Waals surface area (Å²) in [7, 11) is 0. The highest BCUT2D eigenvalue weighted by Crippen LogP contribution is 2.14. The van der Waals surface area contributed by atoms with Crippen molar-refractivity contribution in [2.45, 2.75) is 19.9 Å². The van der Waals surface area contributed by atoms with Crippen LogP contribution in [0.2, 0.25) is 5.02 Å². The number of hydrogen-bond acceptors (Lipinski definition) is 3. The number of carbonyl (C=O) groups is 3. The molecule has 0 saturated carbocycles. The smallest absolute Gasteiger partial charge is 0.326 e. The molecule has 0 aliphatic heterocycles. The molecule has 0 spiro atoms. The van der Waals surface area contributed by atoms with Crippen LogP contribution in [-0.4, -0.2) is 46.9 Å². The Hall–Kier alpha value is -2.08. The number of nitrogens with one attached hydrogen (secondary N) is 1. The van der Waals surface area contributed by atoms with Gasteiger partial charge in [-0.15, -0.1) is 0 Å². The normalized spacial score (nSPS) is 11.6. The molecule has 21 heavy (non-hydrogen) atoms. The molecular formula is C14H17ClN2O4. The Kier molecular flexibility index (Phi) is 6.17. The van der Waals surface area contributed by atoms with Crippen molar-refractivity contribution < 1.29 is 19.5 Å². The minimum Gasteiger partial charge on any atom is -0.480 e. The van der Waals surface area contributed by atoms with Gasteiger partial charge in [-0.05, 0) is 25.1 Å². The number of rotatable bonds is 6. The van der Waals surface area contributed by atoms with Gasteiger partial charge in [0.2, 0.25) is 5.91 Å². The molecule has 0 saturated heterocycles. The summed E-state index contributed by atoms with van der Waals surface area (Å²) in [6.07, 6.45) is 0. The van der Waals surface area contributed by atoms with Crippen molar-refractivity contribution in [2.24, 2.45) is 0 Å². The van der Waals surface area contributed by atoms with Gasteiger partial charge >= 0.3 is 5.97 Å². The lowest BCUT2D eigenvalue weighted by Gasteiger charge is -2.26. The van der Waals surface area contributed by atoms with Gasteiger partial charge in [0.05, 0.1) is 0 Å². The lowest BCUT2D eigenvalue weighted by molar-refractivity contribution is -0.141. The number of carboxylic acid groups (broad SMARTS) is 1. The number of nitrogens with zero attached hydrogens (tertiary/aromatic N) is 1. The molecule has 2 amide bonds. The zero-order valence-electron chi connectivity index (χ0n) is 11.8. The number of carboxylic acids is 1. The minimum absolute atomic E-state index is 0.0956. The maximum absolute atomic E-state index is 12.4. The van der Waals surface area contributed by atoms with Gasteiger partial charge in [-0.3, -0.25) is 9.59 Å². The topological polar surface area (TPSA) is 86.7 Å². The van der Waals surface area contributed by atoms with E-state index in [2.05, 4.69) is 5.32 Å². The molecule has 0 fully saturated rings. The highest BCUT2D eigenvalue weighted by molar-refractivity contribution is 6.31. The zero-order chi connectivity index (χ0) is 16.0. The summed E-state index contributed by atoms with van der Waals surface area (Å²) in [5.41, 5.74) is 0.304. The highest BCUT2D eigenvalue weighted by atomic mass is 35.5. The van der Waals surface area contributed by atoms with E-state index in [0.29, 0.717) is 10.6 Å². The second-order valence-electron chi connectivity index (χ2n) is 4.51. The molecule has 0 aromatic heterocycles. The first-order valence-corrected chi connectivity index (χ1v) is 6.74. The molecule has 1 aromatic carbocycles. The Balaban J connectivity index is 2.91. The van der Waals surface area contributed by atoms with Crippen molar-refractivity contribution in [1.29, 1.82) is 0 Å². The molecule has 1 rings (SSSR count). The summed E-state index contributed by atoms with van der Waals surface area (Å²) >= 11 is 5.84. The van der Waals surface area contributed by atoms with Crippen LogP contribution in [-0.2, 0) is 9.59 Å². The molecule has 1 atom stereocenters. The van der Waals surface area contributed by atoms with E-state index < -0.39 is 17.9 Å². The Bertz CT molecular complexity index is 548. The number of halogens is 1. The minimum atomic E-state index is -1.12. The van der Waals surface area contributed by atoms with Gasteiger partial charge in [0, 0.05) is 30.6 Å². The Morgan fingerprint density at radius 1 is 1.38 bits per heavy atom. The maximum Gasteiger partial charge on any atom is 0.326 e. The second kappa shape index (κ2) is 7.64. The fourth-order valence-electron chi connectivity index (χ4n) is 1.74. The quantitative estimate of drug-likeness (QED) is 0.831. The third-order valence-corrected chi connectivity index (χ3v) is 3.12. The average molecular weight is 313 g/mol. The third-order valence-electron chi connectivity index (χ3n) is 2.88. The van der Waals surface area contributed by atoms with Crippen molar-refractivity contribution >= 4 is 29.4 Å². The van der Waals surface area contributed by atoms with E-state index >= 15 is 0 Å². The maximum atomic E-state index is 12.4. The van der Waals surface area contributed by atoms with Crippen molar-refractivity contribution in [3.8, 4) is 0 Å². The van der Waals surface area contributed by atoms with Crippen LogP contribution in [0, 0.1) is 0 Å². The third kappa shape index (κ3) is 5.07. The summed E-state index contributed by atoms with van der Waals surface area (Å²) < 4.78 is 0. The number of amides is 2. The molecule has 7 heteroatoms. The summed E-state index contributed by atoms with van der Waals surface area (Å²) in [6, 6.07) is 5.27. The van der Waals surface area contributed by atoms with Crippen molar-refractivity contribution in [3.63, 3.8) is 0 Å². The fraction of sp³-hybridized carbons (Fsp3) is 0.357. The molecule has 1 aromatic rings. The Morgan fingerprint density at radius 2 is 2.05 bits per heavy atom. The molecule has 0 heterocycles. The molecule has 0 aliphatic carbocycles. The van der Waals surface area contributed by atoms with E-state index in [1.807, 2.05) is 0 Å². The SMILES string of the molecule is CC(=O)NCCN(C(=O)c1cccc(Cl)c1)C(C)C(=O)O. The predicted molar refractivity (Wildman–Crippen MR) is 78.3 cm³/mol. The lowest BCUT2D eigenvalue weighted by atomic mass is 10.1. The number of benzene rings is 1. The van der Waals surface area contributed by atoms with Gasteiger partial charge in [-0.1, -0.05) is 17.7 Å². The van der Waals surface area contributed by atoms with Gasteiger partial charge in [-0.2, -0.15) is 0 Å². The van der Waals surface area contributed by atoms with E-state index in [1.54, 1.807) is 18.2 Å². The highest BCUT2D eigenvalue weighted by Gasteiger charge is 2.26. The van der Waals surface area contributed by atoms with E-state index in [9.17, 15) is 14.4 Å². The number of aliphatic carboxylic acids is 1. The number of hydrogen-bond donors (Lipinski definition) is 2. The molecule has 0 bridgehead atoms. The molecule has 2 N–H and O–H groups in total. The van der Waals surface area contributed by atoms with Crippen LogP contribution in [0.25, 0.3) is 0 Å². The van der Waals surface area contributed by atoms with Crippen LogP contribution in [0.15, 0.2) is 24.3 Å². The van der Waals surface area contributed by atoms with Crippen LogP contribution < -0.4 is 5.32 Å². The van der Waals surface area contributed by atoms with E-state index in [0.717, 1.165) is 0 Å². The number of carbonyl (C=O) groups excluding carboxylic acids is 2. The van der Waals surface area contributed by atoms with Crippen LogP contribution in [0.3, 0.4) is 0 Å². The Morgan fingerprint density at radius 3 is 2.57 bits per heavy atom. The molecule has 1 unspecified atom stereocenters. The molecule has 0 radical (unpaired) electrons. The molecule has 114 valence electrons. The van der Waals surface area contributed by atoms with Gasteiger partial charge in [0.1, 0.15) is 6.04 Å². The monoisotopic (exact) mass is 312 g/mol. The van der Waals surface area contributed by atoms with E-state index in [-0.39, 0.29) is 19.0 Å². The van der Waals surface area contributed by atoms with Crippen LogP contribution >= 0.6 is 11.6 Å². The summed E-state index contributed by atoms with van der Waals surface area (Å²) in [5.74, 6) is -1.81. The second-order valence-corrected chi connectivity index (χ2v) is 4.94. The van der Waals surface area contributed by atoms with Gasteiger partial charge in [0.15, 0.2) is 0 Å². The van der Waals surface area contributed by atoms with Gasteiger partial charge < -0.3 is 15.3 Å². The van der Waals surface area contributed by atoms with Crippen molar-refractivity contribution in [1.82, 2.24) is 10.2 Å². The van der Waals surface area contributed by atoms with Crippen LogP contribution in [0.5, 0.6) is 0 Å². The van der Waals surface area contributed by atoms with E-state index in [4.69, 9.17) is 16.7 Å². The van der Waals surface area contributed by atoms with Gasteiger partial charge in [0.25, 0.3) is 5.91 Å². The summed E-state index contributed by atoms with van der Waals surface area (Å²) in [4.78, 5) is 35.6. The van der Waals surface area contributed by atoms with Crippen LogP contribution in [0.4, 0.5) is 0 Å². The largest absolute Gasteiger partial charge is 0.480 e. The Labute approximate surface area is 127 Å². The van der Waals surface area contributed by atoms with Crippen molar-refractivity contribution in [3.05, 3.63) is 34.9 Å². The first-order valence-electron chi connectivity index (χ1n) is 6.36. The van der Waals surface area contributed by atoms with E-state index in [1.165, 1.54) is 24.8 Å². The predicted octanol–water partition coefficient (Wildman–Crippen LogP) is 1.39. The first kappa shape index (κ1) is 17.0. The standard InChI is InChI=1S/C14H17ClN2O4/c1-9(14(20)21)17(7-6-16-10(2)18)13(19)11-4-3-5-12(15)8-11/h3-5,8-9H,6-7H2,1-2H3,(H,16,18)(H,20,21). The van der Waals surface area contributed by atoms with Gasteiger partial charge in [-0.25, -0.2) is 4.79 Å². The lowest BCUT2D eigenvalue weighted by Crippen LogP contribution is -2.46.